The minimum absolute atomic E-state index is 0.0365. The zero-order valence-electron chi connectivity index (χ0n) is 12.7. The molecule has 0 aliphatic carbocycles. The van der Waals surface area contributed by atoms with Crippen molar-refractivity contribution in [3.63, 3.8) is 0 Å². The number of hydrogen-bond donors (Lipinski definition) is 1. The summed E-state index contributed by atoms with van der Waals surface area (Å²) in [5.41, 5.74) is 0.623. The lowest BCUT2D eigenvalue weighted by atomic mass is 9.93. The van der Waals surface area contributed by atoms with Gasteiger partial charge >= 0.3 is 0 Å². The van der Waals surface area contributed by atoms with Crippen molar-refractivity contribution in [3.8, 4) is 5.88 Å². The van der Waals surface area contributed by atoms with Gasteiger partial charge in [-0.15, -0.1) is 0 Å². The van der Waals surface area contributed by atoms with Gasteiger partial charge < -0.3 is 14.9 Å². The third kappa shape index (κ3) is 3.77. The van der Waals surface area contributed by atoms with Crippen LogP contribution in [0.3, 0.4) is 0 Å². The molecule has 1 saturated heterocycles. The van der Waals surface area contributed by atoms with E-state index in [0.29, 0.717) is 36.9 Å². The first-order valence-electron chi connectivity index (χ1n) is 7.36. The normalized spacial score (nSPS) is 24.3. The number of sulfone groups is 1. The van der Waals surface area contributed by atoms with E-state index in [1.165, 1.54) is 0 Å². The predicted octanol–water partition coefficient (Wildman–Crippen LogP) is 1.33. The Morgan fingerprint density at radius 2 is 2.09 bits per heavy atom. The second-order valence-electron chi connectivity index (χ2n) is 5.66. The molecule has 0 spiro atoms. The van der Waals surface area contributed by atoms with E-state index < -0.39 is 9.84 Å². The molecule has 0 saturated carbocycles. The van der Waals surface area contributed by atoms with Gasteiger partial charge in [0.05, 0.1) is 29.1 Å². The van der Waals surface area contributed by atoms with Crippen LogP contribution in [-0.4, -0.2) is 50.5 Å². The molecule has 1 N–H and O–H groups in total. The number of nitrogens with one attached hydrogen (secondary N) is 1. The number of oxime groups is 1. The van der Waals surface area contributed by atoms with Crippen molar-refractivity contribution in [1.29, 1.82) is 0 Å². The SMILES string of the molecule is COc1nc(C2=NOCC(C3CCS(=O)(=O)CC3)N2)ccc1Br. The Morgan fingerprint density at radius 3 is 2.78 bits per heavy atom. The third-order valence-electron chi connectivity index (χ3n) is 4.15. The Labute approximate surface area is 143 Å². The first-order valence-corrected chi connectivity index (χ1v) is 9.98. The minimum atomic E-state index is -2.87. The molecule has 3 heterocycles. The maximum Gasteiger partial charge on any atom is 0.228 e. The lowest BCUT2D eigenvalue weighted by Crippen LogP contribution is -2.48. The Hall–Kier alpha value is -1.35. The largest absolute Gasteiger partial charge is 0.480 e. The van der Waals surface area contributed by atoms with E-state index in [1.807, 2.05) is 12.1 Å². The van der Waals surface area contributed by atoms with Gasteiger partial charge in [0.2, 0.25) is 5.88 Å². The van der Waals surface area contributed by atoms with Crippen LogP contribution in [0.4, 0.5) is 0 Å². The lowest BCUT2D eigenvalue weighted by Gasteiger charge is -2.32. The Kier molecular flexibility index (Phi) is 4.77. The van der Waals surface area contributed by atoms with Crippen molar-refractivity contribution in [2.45, 2.75) is 18.9 Å². The fourth-order valence-electron chi connectivity index (χ4n) is 2.81. The molecular weight excluding hydrogens is 386 g/mol. The van der Waals surface area contributed by atoms with Crippen molar-refractivity contribution < 1.29 is 18.0 Å². The van der Waals surface area contributed by atoms with Crippen LogP contribution in [-0.2, 0) is 14.7 Å². The molecule has 0 bridgehead atoms. The quantitative estimate of drug-likeness (QED) is 0.818. The molecular formula is C14H18BrN3O4S. The maximum absolute atomic E-state index is 11.6. The van der Waals surface area contributed by atoms with Crippen molar-refractivity contribution in [2.75, 3.05) is 25.2 Å². The van der Waals surface area contributed by atoms with Crippen LogP contribution in [0.5, 0.6) is 5.88 Å². The number of rotatable bonds is 3. The number of methoxy groups -OCH3 is 1. The first kappa shape index (κ1) is 16.5. The number of pyridine rings is 1. The van der Waals surface area contributed by atoms with Gasteiger partial charge in [-0.3, -0.25) is 0 Å². The molecule has 3 rings (SSSR count). The smallest absolute Gasteiger partial charge is 0.228 e. The van der Waals surface area contributed by atoms with Crippen LogP contribution >= 0.6 is 15.9 Å². The number of aromatic nitrogens is 1. The zero-order chi connectivity index (χ0) is 16.4. The highest BCUT2D eigenvalue weighted by Crippen LogP contribution is 2.25. The van der Waals surface area contributed by atoms with E-state index in [2.05, 4.69) is 31.4 Å². The standard InChI is InChI=1S/C14H18BrN3O4S/c1-21-14-10(15)2-3-11(17-14)13-16-12(8-22-18-13)9-4-6-23(19,20)7-5-9/h2-3,9,12H,4-8H2,1H3,(H,16,18). The average Bonchev–Trinajstić information content (AvgIpc) is 2.55. The molecule has 1 aromatic rings. The van der Waals surface area contributed by atoms with Crippen LogP contribution in [0.25, 0.3) is 0 Å². The Morgan fingerprint density at radius 1 is 1.35 bits per heavy atom. The van der Waals surface area contributed by atoms with Crippen LogP contribution < -0.4 is 10.1 Å². The van der Waals surface area contributed by atoms with Crippen LogP contribution in [0.1, 0.15) is 18.5 Å². The topological polar surface area (TPSA) is 89.9 Å². The van der Waals surface area contributed by atoms with Gasteiger partial charge in [0.15, 0.2) is 5.84 Å². The number of halogens is 1. The fraction of sp³-hybridized carbons (Fsp3) is 0.571. The summed E-state index contributed by atoms with van der Waals surface area (Å²) in [5.74, 6) is 1.75. The van der Waals surface area contributed by atoms with E-state index >= 15 is 0 Å². The van der Waals surface area contributed by atoms with Crippen molar-refractivity contribution >= 4 is 31.6 Å². The summed E-state index contributed by atoms with van der Waals surface area (Å²) in [6.45, 7) is 0.432. The molecule has 0 amide bonds. The third-order valence-corrected chi connectivity index (χ3v) is 6.47. The van der Waals surface area contributed by atoms with Gasteiger partial charge in [-0.05, 0) is 46.8 Å². The number of hydrogen-bond acceptors (Lipinski definition) is 7. The molecule has 0 aromatic carbocycles. The Bertz CT molecular complexity index is 709. The molecule has 23 heavy (non-hydrogen) atoms. The van der Waals surface area contributed by atoms with E-state index in [-0.39, 0.29) is 23.5 Å². The van der Waals surface area contributed by atoms with Gasteiger partial charge in [0.25, 0.3) is 0 Å². The summed E-state index contributed by atoms with van der Waals surface area (Å²) in [5, 5.41) is 7.37. The van der Waals surface area contributed by atoms with Gasteiger partial charge in [-0.25, -0.2) is 13.4 Å². The average molecular weight is 404 g/mol. The monoisotopic (exact) mass is 403 g/mol. The summed E-state index contributed by atoms with van der Waals surface area (Å²) in [7, 11) is -1.32. The lowest BCUT2D eigenvalue weighted by molar-refractivity contribution is 0.0873. The van der Waals surface area contributed by atoms with E-state index in [1.54, 1.807) is 7.11 Å². The summed E-state index contributed by atoms with van der Waals surface area (Å²) >= 11 is 3.36. The highest BCUT2D eigenvalue weighted by molar-refractivity contribution is 9.10. The molecule has 9 heteroatoms. The molecule has 1 unspecified atom stereocenters. The second-order valence-corrected chi connectivity index (χ2v) is 8.82. The van der Waals surface area contributed by atoms with E-state index in [9.17, 15) is 8.42 Å². The van der Waals surface area contributed by atoms with Crippen molar-refractivity contribution in [1.82, 2.24) is 10.3 Å². The molecule has 2 aliphatic rings. The molecule has 1 atom stereocenters. The summed E-state index contributed by atoms with van der Waals surface area (Å²) in [6, 6.07) is 3.69. The molecule has 126 valence electrons. The minimum Gasteiger partial charge on any atom is -0.480 e. The molecule has 7 nitrogen and oxygen atoms in total. The van der Waals surface area contributed by atoms with E-state index in [0.717, 1.165) is 4.47 Å². The summed E-state index contributed by atoms with van der Waals surface area (Å²) in [6.07, 6.45) is 1.29. The van der Waals surface area contributed by atoms with Gasteiger partial charge in [0.1, 0.15) is 22.1 Å². The van der Waals surface area contributed by atoms with Gasteiger partial charge in [-0.1, -0.05) is 5.16 Å². The highest BCUT2D eigenvalue weighted by Gasteiger charge is 2.32. The summed E-state index contributed by atoms with van der Waals surface area (Å²) < 4.78 is 29.1. The zero-order valence-corrected chi connectivity index (χ0v) is 15.1. The fourth-order valence-corrected chi connectivity index (χ4v) is 4.72. The predicted molar refractivity (Wildman–Crippen MR) is 89.3 cm³/mol. The van der Waals surface area contributed by atoms with Crippen LogP contribution in [0.15, 0.2) is 21.8 Å². The highest BCUT2D eigenvalue weighted by atomic mass is 79.9. The van der Waals surface area contributed by atoms with Gasteiger partial charge in [-0.2, -0.15) is 0 Å². The Balaban J connectivity index is 1.72. The molecule has 1 aromatic heterocycles. The van der Waals surface area contributed by atoms with Crippen molar-refractivity contribution in [2.24, 2.45) is 11.1 Å². The van der Waals surface area contributed by atoms with Gasteiger partial charge in [0, 0.05) is 0 Å². The second kappa shape index (κ2) is 6.64. The molecule has 0 radical (unpaired) electrons. The first-order chi connectivity index (χ1) is 11.0. The van der Waals surface area contributed by atoms with Crippen molar-refractivity contribution in [3.05, 3.63) is 22.3 Å². The molecule has 1 fully saturated rings. The number of ether oxygens (including phenoxy) is 1. The maximum atomic E-state index is 11.6. The molecule has 2 aliphatic heterocycles. The summed E-state index contributed by atoms with van der Waals surface area (Å²) in [4.78, 5) is 9.72. The van der Waals surface area contributed by atoms with Crippen LogP contribution in [0.2, 0.25) is 0 Å². The van der Waals surface area contributed by atoms with Crippen LogP contribution in [0, 0.1) is 5.92 Å². The number of amidine groups is 1. The number of nitrogens with zero attached hydrogens (tertiary/aromatic N) is 2. The van der Waals surface area contributed by atoms with E-state index in [4.69, 9.17) is 9.57 Å².